The molecule has 0 aliphatic rings. The summed E-state index contributed by atoms with van der Waals surface area (Å²) in [5.74, 6) is 0. The smallest absolute Gasteiger partial charge is 0.0421 e. The third kappa shape index (κ3) is 3.84. The summed E-state index contributed by atoms with van der Waals surface area (Å²) < 4.78 is 1.10. The van der Waals surface area contributed by atoms with Crippen LogP contribution in [-0.2, 0) is 12.0 Å². The molecule has 96 valence electrons. The number of hydrogen-bond donors (Lipinski definition) is 1. The average molecular weight is 327 g/mol. The summed E-state index contributed by atoms with van der Waals surface area (Å²) in [5, 5.41) is 0. The molecule has 18 heavy (non-hydrogen) atoms. The molecule has 0 aliphatic heterocycles. The van der Waals surface area contributed by atoms with E-state index in [9.17, 15) is 0 Å². The fourth-order valence-corrected chi connectivity index (χ4v) is 2.44. The Balaban J connectivity index is 0.00000162. The fraction of sp³-hybridized carbons (Fsp3) is 0.200. The van der Waals surface area contributed by atoms with E-state index in [2.05, 4.69) is 47.1 Å². The number of benzene rings is 2. The van der Waals surface area contributed by atoms with Crippen LogP contribution in [0.5, 0.6) is 0 Å². The molecular formula is C15H17BrClN. The monoisotopic (exact) mass is 325 g/mol. The van der Waals surface area contributed by atoms with Crippen molar-refractivity contribution in [1.29, 1.82) is 0 Å². The van der Waals surface area contributed by atoms with E-state index in [1.54, 1.807) is 0 Å². The maximum absolute atomic E-state index is 6.40. The Labute approximate surface area is 123 Å². The van der Waals surface area contributed by atoms with Gasteiger partial charge >= 0.3 is 0 Å². The lowest BCUT2D eigenvalue weighted by Gasteiger charge is -2.25. The first kappa shape index (κ1) is 15.2. The average Bonchev–Trinajstić information content (AvgIpc) is 2.29. The van der Waals surface area contributed by atoms with Crippen LogP contribution in [0.1, 0.15) is 18.1 Å². The Morgan fingerprint density at radius 1 is 1.06 bits per heavy atom. The summed E-state index contributed by atoms with van der Waals surface area (Å²) in [7, 11) is 0. The Hall–Kier alpha value is -0.830. The molecule has 2 N–H and O–H groups in total. The first-order valence-electron chi connectivity index (χ1n) is 5.67. The summed E-state index contributed by atoms with van der Waals surface area (Å²) in [4.78, 5) is 0. The quantitative estimate of drug-likeness (QED) is 0.894. The molecule has 0 spiro atoms. The van der Waals surface area contributed by atoms with Crippen LogP contribution < -0.4 is 5.73 Å². The largest absolute Gasteiger partial charge is 0.321 e. The van der Waals surface area contributed by atoms with Crippen molar-refractivity contribution in [3.05, 3.63) is 70.2 Å². The third-order valence-electron chi connectivity index (χ3n) is 2.89. The standard InChI is InChI=1S/C15H16BrN.ClH/c1-15(17,13-7-3-2-4-8-13)11-12-6-5-9-14(16)10-12;/h2-10H,11,17H2,1H3;1H. The van der Waals surface area contributed by atoms with Gasteiger partial charge in [-0.2, -0.15) is 0 Å². The van der Waals surface area contributed by atoms with Crippen molar-refractivity contribution in [2.75, 3.05) is 0 Å². The highest BCUT2D eigenvalue weighted by atomic mass is 79.9. The molecule has 0 aliphatic carbocycles. The van der Waals surface area contributed by atoms with Gasteiger partial charge in [0.05, 0.1) is 0 Å². The highest BCUT2D eigenvalue weighted by molar-refractivity contribution is 9.10. The Kier molecular flexibility index (Phi) is 5.39. The van der Waals surface area contributed by atoms with Gasteiger partial charge in [0.25, 0.3) is 0 Å². The zero-order valence-corrected chi connectivity index (χ0v) is 12.7. The molecule has 0 heterocycles. The molecule has 0 amide bonds. The Bertz CT molecular complexity index is 497. The van der Waals surface area contributed by atoms with Gasteiger partial charge in [0.1, 0.15) is 0 Å². The van der Waals surface area contributed by atoms with Gasteiger partial charge in [0.2, 0.25) is 0 Å². The van der Waals surface area contributed by atoms with E-state index in [1.807, 2.05) is 30.3 Å². The van der Waals surface area contributed by atoms with Gasteiger partial charge in [-0.3, -0.25) is 0 Å². The predicted octanol–water partition coefficient (Wildman–Crippen LogP) is 4.29. The molecular weight excluding hydrogens is 310 g/mol. The summed E-state index contributed by atoms with van der Waals surface area (Å²) in [6, 6.07) is 18.5. The normalized spacial score (nSPS) is 13.5. The zero-order valence-electron chi connectivity index (χ0n) is 10.3. The van der Waals surface area contributed by atoms with Crippen LogP contribution in [0.25, 0.3) is 0 Å². The molecule has 1 atom stereocenters. The summed E-state index contributed by atoms with van der Waals surface area (Å²) >= 11 is 3.49. The number of rotatable bonds is 3. The fourth-order valence-electron chi connectivity index (χ4n) is 1.99. The molecule has 0 aromatic heterocycles. The minimum Gasteiger partial charge on any atom is -0.321 e. The molecule has 0 bridgehead atoms. The highest BCUT2D eigenvalue weighted by Crippen LogP contribution is 2.23. The molecule has 1 nitrogen and oxygen atoms in total. The Morgan fingerprint density at radius 2 is 1.72 bits per heavy atom. The molecule has 1 unspecified atom stereocenters. The first-order valence-corrected chi connectivity index (χ1v) is 6.46. The van der Waals surface area contributed by atoms with Crippen LogP contribution in [0.3, 0.4) is 0 Å². The van der Waals surface area contributed by atoms with Gasteiger partial charge in [0, 0.05) is 10.0 Å². The molecule has 0 saturated carbocycles. The van der Waals surface area contributed by atoms with Gasteiger partial charge in [-0.25, -0.2) is 0 Å². The van der Waals surface area contributed by atoms with E-state index in [0.29, 0.717) is 0 Å². The van der Waals surface area contributed by atoms with Crippen LogP contribution in [-0.4, -0.2) is 0 Å². The van der Waals surface area contributed by atoms with Crippen LogP contribution in [0.15, 0.2) is 59.1 Å². The van der Waals surface area contributed by atoms with E-state index >= 15 is 0 Å². The van der Waals surface area contributed by atoms with Crippen molar-refractivity contribution in [3.63, 3.8) is 0 Å². The summed E-state index contributed by atoms with van der Waals surface area (Å²) in [5.41, 5.74) is 8.48. The van der Waals surface area contributed by atoms with Crippen LogP contribution in [0.2, 0.25) is 0 Å². The second-order valence-electron chi connectivity index (χ2n) is 4.59. The maximum atomic E-state index is 6.40. The van der Waals surface area contributed by atoms with Crippen LogP contribution in [0.4, 0.5) is 0 Å². The van der Waals surface area contributed by atoms with Gasteiger partial charge in [0.15, 0.2) is 0 Å². The van der Waals surface area contributed by atoms with E-state index in [1.165, 1.54) is 11.1 Å². The lowest BCUT2D eigenvalue weighted by molar-refractivity contribution is 0.491. The van der Waals surface area contributed by atoms with E-state index < -0.39 is 0 Å². The molecule has 0 saturated heterocycles. The van der Waals surface area contributed by atoms with Crippen molar-refractivity contribution in [1.82, 2.24) is 0 Å². The molecule has 3 heteroatoms. The number of halogens is 2. The second-order valence-corrected chi connectivity index (χ2v) is 5.51. The molecule has 0 radical (unpaired) electrons. The van der Waals surface area contributed by atoms with Gasteiger partial charge in [-0.1, -0.05) is 58.4 Å². The number of nitrogens with two attached hydrogens (primary N) is 1. The molecule has 2 aromatic rings. The van der Waals surface area contributed by atoms with Crippen molar-refractivity contribution in [2.24, 2.45) is 5.73 Å². The predicted molar refractivity (Wildman–Crippen MR) is 83.1 cm³/mol. The Morgan fingerprint density at radius 3 is 2.33 bits per heavy atom. The van der Waals surface area contributed by atoms with E-state index in [4.69, 9.17) is 5.73 Å². The second kappa shape index (κ2) is 6.37. The number of hydrogen-bond acceptors (Lipinski definition) is 1. The van der Waals surface area contributed by atoms with Gasteiger partial charge < -0.3 is 5.73 Å². The van der Waals surface area contributed by atoms with Crippen LogP contribution >= 0.6 is 28.3 Å². The lowest BCUT2D eigenvalue weighted by Crippen LogP contribution is -2.35. The van der Waals surface area contributed by atoms with Gasteiger partial charge in [-0.15, -0.1) is 12.4 Å². The topological polar surface area (TPSA) is 26.0 Å². The maximum Gasteiger partial charge on any atom is 0.0421 e. The van der Waals surface area contributed by atoms with Crippen molar-refractivity contribution < 1.29 is 0 Å². The minimum atomic E-state index is -0.331. The van der Waals surface area contributed by atoms with Gasteiger partial charge in [-0.05, 0) is 36.6 Å². The van der Waals surface area contributed by atoms with Crippen molar-refractivity contribution in [2.45, 2.75) is 18.9 Å². The third-order valence-corrected chi connectivity index (χ3v) is 3.39. The summed E-state index contributed by atoms with van der Waals surface area (Å²) in [6.07, 6.45) is 0.830. The van der Waals surface area contributed by atoms with Crippen LogP contribution in [0, 0.1) is 0 Å². The first-order chi connectivity index (χ1) is 8.08. The SMILES string of the molecule is CC(N)(Cc1cccc(Br)c1)c1ccccc1.Cl. The lowest BCUT2D eigenvalue weighted by atomic mass is 9.87. The van der Waals surface area contributed by atoms with E-state index in [0.717, 1.165) is 10.9 Å². The summed E-state index contributed by atoms with van der Waals surface area (Å²) in [6.45, 7) is 2.07. The molecule has 0 fully saturated rings. The van der Waals surface area contributed by atoms with Crippen molar-refractivity contribution in [3.8, 4) is 0 Å². The minimum absolute atomic E-state index is 0. The zero-order chi connectivity index (χ0) is 12.3. The highest BCUT2D eigenvalue weighted by Gasteiger charge is 2.21. The van der Waals surface area contributed by atoms with Crippen molar-refractivity contribution >= 4 is 28.3 Å². The molecule has 2 aromatic carbocycles. The van der Waals surface area contributed by atoms with E-state index in [-0.39, 0.29) is 17.9 Å². The molecule has 2 rings (SSSR count).